The molecule has 12 heteroatoms. The molecule has 0 amide bonds. The number of hydrogen-bond acceptors (Lipinski definition) is 10. The largest absolute Gasteiger partial charge is 0.493 e. The Balaban J connectivity index is 2.22. The lowest BCUT2D eigenvalue weighted by Crippen LogP contribution is -2.11. The highest BCUT2D eigenvalue weighted by Crippen LogP contribution is 2.40. The minimum atomic E-state index is -3.64. The van der Waals surface area contributed by atoms with E-state index in [4.69, 9.17) is 19.9 Å². The molecule has 3 aromatic rings. The molecular formula is C14H16N6O5S. The second kappa shape index (κ2) is 6.29. The van der Waals surface area contributed by atoms with Gasteiger partial charge < -0.3 is 19.9 Å². The van der Waals surface area contributed by atoms with Gasteiger partial charge in [-0.15, -0.1) is 5.10 Å². The first-order chi connectivity index (χ1) is 12.3. The first-order valence-electron chi connectivity index (χ1n) is 7.19. The van der Waals surface area contributed by atoms with Crippen molar-refractivity contribution in [1.82, 2.24) is 24.6 Å². The van der Waals surface area contributed by atoms with Crippen molar-refractivity contribution in [2.45, 2.75) is 5.16 Å². The molecule has 0 saturated carbocycles. The lowest BCUT2D eigenvalue weighted by Gasteiger charge is -2.12. The van der Waals surface area contributed by atoms with Gasteiger partial charge >= 0.3 is 0 Å². The summed E-state index contributed by atoms with van der Waals surface area (Å²) >= 11 is 0. The van der Waals surface area contributed by atoms with E-state index in [-0.39, 0.29) is 17.6 Å². The van der Waals surface area contributed by atoms with Crippen LogP contribution in [0.3, 0.4) is 0 Å². The number of sulfone groups is 1. The van der Waals surface area contributed by atoms with Crippen molar-refractivity contribution in [3.05, 3.63) is 12.1 Å². The van der Waals surface area contributed by atoms with Gasteiger partial charge in [-0.05, 0) is 12.1 Å². The highest BCUT2D eigenvalue weighted by molar-refractivity contribution is 7.90. The van der Waals surface area contributed by atoms with Gasteiger partial charge in [0.05, 0.1) is 21.3 Å². The molecule has 0 spiro atoms. The fraction of sp³-hybridized carbons (Fsp3) is 0.286. The number of methoxy groups -OCH3 is 3. The molecule has 2 heterocycles. The summed E-state index contributed by atoms with van der Waals surface area (Å²) in [5.74, 6) is 1.33. The fourth-order valence-corrected chi connectivity index (χ4v) is 2.79. The van der Waals surface area contributed by atoms with Crippen LogP contribution in [0, 0.1) is 0 Å². The van der Waals surface area contributed by atoms with Crippen LogP contribution in [0.2, 0.25) is 0 Å². The number of nitrogen functional groups attached to an aromatic ring is 1. The zero-order valence-corrected chi connectivity index (χ0v) is 15.2. The molecule has 11 nitrogen and oxygen atoms in total. The van der Waals surface area contributed by atoms with Crippen LogP contribution in [-0.2, 0) is 9.84 Å². The summed E-state index contributed by atoms with van der Waals surface area (Å²) in [5.41, 5.74) is 6.31. The molecule has 0 fully saturated rings. The maximum atomic E-state index is 11.7. The third kappa shape index (κ3) is 2.94. The standard InChI is InChI=1S/C14H16N6O5S/c1-23-8-5-7(6-9(24-2)10(8)25-3)11-16-13-18-14(26(4,21)22)17-12(15)20(13)19-11/h5-6H,1-4H3,(H2,15,16,17,18,19). The van der Waals surface area contributed by atoms with Crippen LogP contribution in [0.4, 0.5) is 5.95 Å². The highest BCUT2D eigenvalue weighted by Gasteiger charge is 2.20. The summed E-state index contributed by atoms with van der Waals surface area (Å²) in [7, 11) is 0.822. The molecule has 0 aliphatic heterocycles. The van der Waals surface area contributed by atoms with Crippen molar-refractivity contribution < 1.29 is 22.6 Å². The van der Waals surface area contributed by atoms with Gasteiger partial charge in [0.1, 0.15) is 0 Å². The summed E-state index contributed by atoms with van der Waals surface area (Å²) in [5, 5.41) is 3.80. The summed E-state index contributed by atoms with van der Waals surface area (Å²) < 4.78 is 40.3. The second-order valence-corrected chi connectivity index (χ2v) is 7.11. The van der Waals surface area contributed by atoms with Gasteiger partial charge in [-0.25, -0.2) is 8.42 Å². The Morgan fingerprint density at radius 1 is 1.00 bits per heavy atom. The van der Waals surface area contributed by atoms with E-state index in [9.17, 15) is 8.42 Å². The molecule has 1 aromatic carbocycles. The summed E-state index contributed by atoms with van der Waals surface area (Å²) in [6.45, 7) is 0. The van der Waals surface area contributed by atoms with Gasteiger partial charge in [0, 0.05) is 11.8 Å². The van der Waals surface area contributed by atoms with E-state index in [1.807, 2.05) is 0 Å². The molecule has 2 aromatic heterocycles. The molecule has 0 radical (unpaired) electrons. The second-order valence-electron chi connectivity index (χ2n) is 5.20. The molecule has 0 bridgehead atoms. The number of aromatic nitrogens is 5. The molecule has 2 N–H and O–H groups in total. The molecule has 0 unspecified atom stereocenters. The number of nitrogens with two attached hydrogens (primary N) is 1. The van der Waals surface area contributed by atoms with Crippen molar-refractivity contribution in [2.24, 2.45) is 0 Å². The minimum absolute atomic E-state index is 0.00155. The fourth-order valence-electron chi connectivity index (χ4n) is 2.28. The molecule has 26 heavy (non-hydrogen) atoms. The summed E-state index contributed by atoms with van der Waals surface area (Å²) in [6.07, 6.45) is 0.981. The van der Waals surface area contributed by atoms with Crippen LogP contribution in [0.1, 0.15) is 0 Å². The van der Waals surface area contributed by atoms with Crippen LogP contribution in [0.5, 0.6) is 17.2 Å². The van der Waals surface area contributed by atoms with E-state index in [2.05, 4.69) is 20.1 Å². The van der Waals surface area contributed by atoms with Crippen molar-refractivity contribution in [3.8, 4) is 28.6 Å². The first kappa shape index (κ1) is 17.7. The zero-order valence-electron chi connectivity index (χ0n) is 14.4. The van der Waals surface area contributed by atoms with Gasteiger partial charge in [0.15, 0.2) is 17.3 Å². The van der Waals surface area contributed by atoms with Crippen molar-refractivity contribution in [2.75, 3.05) is 33.3 Å². The number of anilines is 1. The van der Waals surface area contributed by atoms with Gasteiger partial charge in [0.25, 0.3) is 10.9 Å². The van der Waals surface area contributed by atoms with Crippen LogP contribution in [0.25, 0.3) is 17.2 Å². The Kier molecular flexibility index (Phi) is 4.28. The number of hydrogen-bond donors (Lipinski definition) is 1. The Morgan fingerprint density at radius 2 is 1.62 bits per heavy atom. The van der Waals surface area contributed by atoms with Gasteiger partial charge in [-0.3, -0.25) is 0 Å². The van der Waals surface area contributed by atoms with E-state index in [0.29, 0.717) is 22.8 Å². The summed E-state index contributed by atoms with van der Waals surface area (Å²) in [4.78, 5) is 11.9. The lowest BCUT2D eigenvalue weighted by molar-refractivity contribution is 0.324. The Hall–Kier alpha value is -3.15. The quantitative estimate of drug-likeness (QED) is 0.651. The predicted octanol–water partition coefficient (Wildman–Crippen LogP) is 0.198. The van der Waals surface area contributed by atoms with E-state index < -0.39 is 15.0 Å². The number of rotatable bonds is 5. The SMILES string of the molecule is COc1cc(-c2nc3nc(S(C)(=O)=O)nc(N)n3n2)cc(OC)c1OC. The van der Waals surface area contributed by atoms with E-state index >= 15 is 0 Å². The third-order valence-corrected chi connectivity index (χ3v) is 4.31. The van der Waals surface area contributed by atoms with Crippen LogP contribution in [-0.4, -0.2) is 60.6 Å². The minimum Gasteiger partial charge on any atom is -0.493 e. The third-order valence-electron chi connectivity index (χ3n) is 3.47. The molecule has 3 rings (SSSR count). The lowest BCUT2D eigenvalue weighted by atomic mass is 10.1. The Labute approximate surface area is 148 Å². The zero-order chi connectivity index (χ0) is 19.1. The van der Waals surface area contributed by atoms with Crippen LogP contribution < -0.4 is 19.9 Å². The van der Waals surface area contributed by atoms with Crippen LogP contribution in [0.15, 0.2) is 17.3 Å². The Morgan fingerprint density at radius 3 is 2.12 bits per heavy atom. The maximum Gasteiger partial charge on any atom is 0.258 e. The molecule has 0 aliphatic carbocycles. The van der Waals surface area contributed by atoms with Crippen molar-refractivity contribution in [3.63, 3.8) is 0 Å². The average molecular weight is 380 g/mol. The molecule has 0 atom stereocenters. The first-order valence-corrected chi connectivity index (χ1v) is 9.08. The van der Waals surface area contributed by atoms with Gasteiger partial charge in [-0.2, -0.15) is 19.5 Å². The molecule has 138 valence electrons. The predicted molar refractivity (Wildman–Crippen MR) is 91.2 cm³/mol. The number of nitrogens with zero attached hydrogens (tertiary/aromatic N) is 5. The average Bonchev–Trinajstić information content (AvgIpc) is 3.04. The monoisotopic (exact) mass is 380 g/mol. The molecule has 0 aliphatic rings. The van der Waals surface area contributed by atoms with Gasteiger partial charge in [0.2, 0.25) is 21.5 Å². The number of fused-ring (bicyclic) bond motifs is 1. The van der Waals surface area contributed by atoms with E-state index in [1.54, 1.807) is 12.1 Å². The number of ether oxygens (including phenoxy) is 3. The van der Waals surface area contributed by atoms with Crippen LogP contribution >= 0.6 is 0 Å². The topological polar surface area (TPSA) is 144 Å². The number of benzene rings is 1. The smallest absolute Gasteiger partial charge is 0.258 e. The van der Waals surface area contributed by atoms with Crippen molar-refractivity contribution in [1.29, 1.82) is 0 Å². The Bertz CT molecular complexity index is 1070. The normalized spacial score (nSPS) is 11.5. The molecule has 0 saturated heterocycles. The van der Waals surface area contributed by atoms with Crippen molar-refractivity contribution >= 4 is 21.6 Å². The highest BCUT2D eigenvalue weighted by atomic mass is 32.2. The summed E-state index contributed by atoms with van der Waals surface area (Å²) in [6, 6.07) is 3.30. The van der Waals surface area contributed by atoms with E-state index in [0.717, 1.165) is 10.8 Å². The molecular weight excluding hydrogens is 364 g/mol. The van der Waals surface area contributed by atoms with E-state index in [1.165, 1.54) is 21.3 Å². The van der Waals surface area contributed by atoms with Gasteiger partial charge in [-0.1, -0.05) is 0 Å². The maximum absolute atomic E-state index is 11.7.